The van der Waals surface area contributed by atoms with Crippen LogP contribution in [0.4, 0.5) is 5.69 Å². The van der Waals surface area contributed by atoms with Crippen LogP contribution in [0.1, 0.15) is 89.8 Å². The van der Waals surface area contributed by atoms with Crippen LogP contribution >= 0.6 is 0 Å². The molecule has 5 N–H and O–H groups in total. The smallest absolute Gasteiger partial charge is 0.254 e. The van der Waals surface area contributed by atoms with Crippen molar-refractivity contribution < 1.29 is 29.0 Å². The number of aliphatic hydroxyl groups is 1. The van der Waals surface area contributed by atoms with Gasteiger partial charge in [-0.25, -0.2) is 0 Å². The molecule has 11 heteroatoms. The second-order valence-electron chi connectivity index (χ2n) is 15.6. The van der Waals surface area contributed by atoms with E-state index < -0.39 is 5.91 Å². The highest BCUT2D eigenvalue weighted by atomic mass is 16.5. The van der Waals surface area contributed by atoms with E-state index in [0.29, 0.717) is 43.7 Å². The van der Waals surface area contributed by atoms with Crippen molar-refractivity contribution >= 4 is 51.1 Å². The molecule has 5 aromatic rings. The second-order valence-corrected chi connectivity index (χ2v) is 15.6. The Morgan fingerprint density at radius 3 is 2.41 bits per heavy atom. The fourth-order valence-corrected chi connectivity index (χ4v) is 8.10. The molecule has 2 atom stereocenters. The maximum Gasteiger partial charge on any atom is 0.254 e. The normalized spacial score (nSPS) is 15.5. The van der Waals surface area contributed by atoms with Crippen LogP contribution in [0.15, 0.2) is 91.5 Å². The summed E-state index contributed by atoms with van der Waals surface area (Å²) >= 11 is 0. The number of fused-ring (bicyclic) bond motifs is 4. The molecule has 1 aromatic heterocycles. The van der Waals surface area contributed by atoms with Gasteiger partial charge >= 0.3 is 0 Å². The van der Waals surface area contributed by atoms with E-state index in [1.807, 2.05) is 92.5 Å². The predicted molar refractivity (Wildman–Crippen MR) is 229 cm³/mol. The third-order valence-electron chi connectivity index (χ3n) is 11.1. The number of allylic oxidation sites excluding steroid dienone is 1. The van der Waals surface area contributed by atoms with Crippen LogP contribution in [0, 0.1) is 5.92 Å². The van der Waals surface area contributed by atoms with Crippen LogP contribution in [0.25, 0.3) is 21.8 Å². The number of nitrogens with zero attached hydrogens (tertiary/aromatic N) is 2. The molecular formula is C47H55N5O6. The maximum atomic E-state index is 13.0. The van der Waals surface area contributed by atoms with Crippen LogP contribution in [0.3, 0.4) is 0 Å². The van der Waals surface area contributed by atoms with Crippen LogP contribution in [0.5, 0.6) is 5.75 Å². The SMILES string of the molecule is C=CC(=O)n1c2ccccc2c2cc(C(N)=O)cc(CCCCCCCC(=O)NCc3ccc(COc4ccc5c(c4)N(C)[C@@H](C(C)C)C(=O)N[C@H](CO)C5)cc3)c21. The summed E-state index contributed by atoms with van der Waals surface area (Å²) in [6.45, 7) is 8.42. The van der Waals surface area contributed by atoms with Crippen molar-refractivity contribution in [1.29, 1.82) is 0 Å². The first-order valence-corrected chi connectivity index (χ1v) is 20.3. The number of hydrogen-bond donors (Lipinski definition) is 4. The number of benzene rings is 4. The van der Waals surface area contributed by atoms with Crippen molar-refractivity contribution in [3.05, 3.63) is 119 Å². The first-order valence-electron chi connectivity index (χ1n) is 20.3. The quantitative estimate of drug-likeness (QED) is 0.0585. The van der Waals surface area contributed by atoms with Crippen LogP contribution in [0.2, 0.25) is 0 Å². The number of nitrogens with two attached hydrogens (primary N) is 1. The third-order valence-corrected chi connectivity index (χ3v) is 11.1. The number of likely N-dealkylation sites (N-methyl/N-ethyl adjacent to an activating group) is 1. The number of aromatic nitrogens is 1. The zero-order valence-electron chi connectivity index (χ0n) is 33.8. The Morgan fingerprint density at radius 2 is 1.69 bits per heavy atom. The largest absolute Gasteiger partial charge is 0.489 e. The van der Waals surface area contributed by atoms with E-state index in [9.17, 15) is 24.3 Å². The number of carbonyl (C=O) groups is 4. The molecule has 0 aliphatic carbocycles. The second kappa shape index (κ2) is 19.0. The molecule has 0 fully saturated rings. The summed E-state index contributed by atoms with van der Waals surface area (Å²) in [6, 6.07) is 24.4. The summed E-state index contributed by atoms with van der Waals surface area (Å²) in [6.07, 6.45) is 7.46. The molecule has 3 amide bonds. The zero-order valence-corrected chi connectivity index (χ0v) is 33.8. The van der Waals surface area contributed by atoms with Crippen LogP contribution in [-0.2, 0) is 35.6 Å². The lowest BCUT2D eigenvalue weighted by atomic mass is 9.95. The lowest BCUT2D eigenvalue weighted by molar-refractivity contribution is -0.124. The third kappa shape index (κ3) is 9.59. The number of hydrogen-bond acceptors (Lipinski definition) is 7. The molecule has 1 aliphatic heterocycles. The Bertz CT molecular complexity index is 2290. The number of aryl methyl sites for hydroxylation is 1. The van der Waals surface area contributed by atoms with Gasteiger partial charge in [0.15, 0.2) is 0 Å². The fourth-order valence-electron chi connectivity index (χ4n) is 8.10. The summed E-state index contributed by atoms with van der Waals surface area (Å²) in [5.41, 5.74) is 12.5. The Balaban J connectivity index is 0.940. The maximum absolute atomic E-state index is 13.0. The Kier molecular flexibility index (Phi) is 13.7. The number of aliphatic hydroxyl groups excluding tert-OH is 1. The Hall–Kier alpha value is -5.94. The minimum absolute atomic E-state index is 0.0177. The van der Waals surface area contributed by atoms with Gasteiger partial charge in [-0.15, -0.1) is 0 Å². The van der Waals surface area contributed by atoms with Gasteiger partial charge in [0.05, 0.1) is 23.7 Å². The van der Waals surface area contributed by atoms with Gasteiger partial charge in [-0.2, -0.15) is 0 Å². The molecule has 304 valence electrons. The van der Waals surface area contributed by atoms with Gasteiger partial charge in [0.25, 0.3) is 5.91 Å². The van der Waals surface area contributed by atoms with E-state index in [-0.39, 0.29) is 42.3 Å². The van der Waals surface area contributed by atoms with Crippen molar-refractivity contribution in [3.63, 3.8) is 0 Å². The van der Waals surface area contributed by atoms with Gasteiger partial charge in [-0.1, -0.05) is 88.2 Å². The number of amides is 3. The molecule has 0 saturated carbocycles. The summed E-state index contributed by atoms with van der Waals surface area (Å²) in [5, 5.41) is 17.6. The van der Waals surface area contributed by atoms with Gasteiger partial charge in [-0.3, -0.25) is 23.7 Å². The molecule has 0 spiro atoms. The molecule has 11 nitrogen and oxygen atoms in total. The molecular weight excluding hydrogens is 731 g/mol. The van der Waals surface area contributed by atoms with E-state index in [4.69, 9.17) is 10.5 Å². The van der Waals surface area contributed by atoms with Gasteiger partial charge in [0.2, 0.25) is 17.7 Å². The van der Waals surface area contributed by atoms with Crippen molar-refractivity contribution in [2.75, 3.05) is 18.6 Å². The average molecular weight is 786 g/mol. The number of ether oxygens (including phenoxy) is 1. The van der Waals surface area contributed by atoms with Crippen molar-refractivity contribution in [2.45, 2.75) is 90.4 Å². The topological polar surface area (TPSA) is 156 Å². The summed E-state index contributed by atoms with van der Waals surface area (Å²) in [5.74, 6) is -0.0334. The Morgan fingerprint density at radius 1 is 0.966 bits per heavy atom. The first kappa shape index (κ1) is 41.7. The highest BCUT2D eigenvalue weighted by molar-refractivity contribution is 6.17. The molecule has 58 heavy (non-hydrogen) atoms. The van der Waals surface area contributed by atoms with Crippen molar-refractivity contribution in [2.24, 2.45) is 11.7 Å². The fraction of sp³-hybridized carbons (Fsp3) is 0.362. The van der Waals surface area contributed by atoms with Crippen LogP contribution < -0.4 is 26.0 Å². The highest BCUT2D eigenvalue weighted by Crippen LogP contribution is 2.34. The van der Waals surface area contributed by atoms with Crippen molar-refractivity contribution in [1.82, 2.24) is 15.2 Å². The molecule has 4 aromatic carbocycles. The average Bonchev–Trinajstić information content (AvgIpc) is 3.55. The van der Waals surface area contributed by atoms with E-state index in [1.165, 1.54) is 6.08 Å². The summed E-state index contributed by atoms with van der Waals surface area (Å²) < 4.78 is 7.85. The van der Waals surface area contributed by atoms with E-state index >= 15 is 0 Å². The lowest BCUT2D eigenvalue weighted by Gasteiger charge is -2.37. The first-order chi connectivity index (χ1) is 28.0. The molecule has 0 bridgehead atoms. The predicted octanol–water partition coefficient (Wildman–Crippen LogP) is 6.99. The van der Waals surface area contributed by atoms with Gasteiger partial charge in [-0.05, 0) is 84.2 Å². The molecule has 0 radical (unpaired) electrons. The number of nitrogens with one attached hydrogen (secondary N) is 2. The Labute approximate surface area is 340 Å². The lowest BCUT2D eigenvalue weighted by Crippen LogP contribution is -2.54. The summed E-state index contributed by atoms with van der Waals surface area (Å²) in [7, 11) is 1.93. The molecule has 0 saturated heterocycles. The number of para-hydroxylation sites is 1. The minimum atomic E-state index is -0.505. The number of rotatable bonds is 17. The number of anilines is 1. The highest BCUT2D eigenvalue weighted by Gasteiger charge is 2.32. The number of carbonyl (C=O) groups excluding carboxylic acids is 4. The van der Waals surface area contributed by atoms with Crippen molar-refractivity contribution in [3.8, 4) is 5.75 Å². The van der Waals surface area contributed by atoms with E-state index in [2.05, 4.69) is 17.2 Å². The summed E-state index contributed by atoms with van der Waals surface area (Å²) in [4.78, 5) is 52.8. The van der Waals surface area contributed by atoms with Gasteiger partial charge in [0, 0.05) is 48.1 Å². The minimum Gasteiger partial charge on any atom is -0.489 e. The van der Waals surface area contributed by atoms with E-state index in [0.717, 1.165) is 81.9 Å². The zero-order chi connectivity index (χ0) is 41.3. The number of unbranched alkanes of at least 4 members (excludes halogenated alkanes) is 4. The monoisotopic (exact) mass is 785 g/mol. The van der Waals surface area contributed by atoms with E-state index in [1.54, 1.807) is 16.7 Å². The standard InChI is InChI=1S/C47H55N5O6/c1-5-43(55)52-40-15-12-11-14-38(40)39-25-35(46(48)56)23-34(45(39)52)13-9-7-6-8-10-16-42(54)49-27-31-17-19-32(20-18-31)29-58-37-22-21-33-24-36(28-53)50-47(57)44(30(2)3)51(4)41(33)26-37/h5,11-12,14-15,17-23,25-26,30,36,44,53H,1,6-10,13,16,24,27-29H2,2-4H3,(H2,48,56)(H,49,54)(H,50,57)/t36-,44-/m0/s1. The molecule has 0 unspecified atom stereocenters. The number of primary amides is 1. The molecule has 6 rings (SSSR count). The molecule has 2 heterocycles. The van der Waals surface area contributed by atoms with Crippen LogP contribution in [-0.4, -0.2) is 59.0 Å². The van der Waals surface area contributed by atoms with Gasteiger partial charge < -0.3 is 31.1 Å². The molecule has 1 aliphatic rings. The van der Waals surface area contributed by atoms with Gasteiger partial charge in [0.1, 0.15) is 18.4 Å².